The van der Waals surface area contributed by atoms with Gasteiger partial charge in [-0.1, -0.05) is 53.5 Å². The van der Waals surface area contributed by atoms with Crippen LogP contribution in [0.1, 0.15) is 37.0 Å². The number of H-pyrrole nitrogens is 1. The first-order valence-corrected chi connectivity index (χ1v) is 10.1. The van der Waals surface area contributed by atoms with Gasteiger partial charge in [0.1, 0.15) is 5.15 Å². The lowest BCUT2D eigenvalue weighted by molar-refractivity contribution is 0.0172. The second-order valence-electron chi connectivity index (χ2n) is 7.28. The molecule has 0 bridgehead atoms. The quantitative estimate of drug-likeness (QED) is 0.609. The molecule has 0 aliphatic carbocycles. The van der Waals surface area contributed by atoms with Crippen molar-refractivity contribution in [3.8, 4) is 0 Å². The van der Waals surface area contributed by atoms with Crippen molar-refractivity contribution in [2.24, 2.45) is 0 Å². The highest BCUT2D eigenvalue weighted by Crippen LogP contribution is 2.37. The number of aromatic amines is 1. The summed E-state index contributed by atoms with van der Waals surface area (Å²) < 4.78 is 6.41. The van der Waals surface area contributed by atoms with E-state index < -0.39 is 0 Å². The van der Waals surface area contributed by atoms with Gasteiger partial charge in [0.15, 0.2) is 0 Å². The van der Waals surface area contributed by atoms with E-state index in [2.05, 4.69) is 45.8 Å². The van der Waals surface area contributed by atoms with Gasteiger partial charge in [-0.05, 0) is 50.6 Å². The predicted octanol–water partition coefficient (Wildman–Crippen LogP) is 5.27. The molecule has 0 amide bonds. The summed E-state index contributed by atoms with van der Waals surface area (Å²) >= 11 is 12.5. The summed E-state index contributed by atoms with van der Waals surface area (Å²) in [5.74, 6) is 0. The van der Waals surface area contributed by atoms with Crippen LogP contribution in [0.5, 0.6) is 0 Å². The van der Waals surface area contributed by atoms with Crippen molar-refractivity contribution >= 4 is 34.1 Å². The van der Waals surface area contributed by atoms with Crippen molar-refractivity contribution in [1.29, 1.82) is 0 Å². The Morgan fingerprint density at radius 3 is 2.63 bits per heavy atom. The summed E-state index contributed by atoms with van der Waals surface area (Å²) in [6.45, 7) is 4.71. The molecular weight excluding hydrogens is 381 g/mol. The topological polar surface area (TPSA) is 49.9 Å². The van der Waals surface area contributed by atoms with Crippen LogP contribution in [-0.2, 0) is 10.2 Å². The number of fused-ring (bicyclic) bond motifs is 1. The zero-order chi connectivity index (χ0) is 18.9. The number of piperidine rings is 1. The van der Waals surface area contributed by atoms with Crippen LogP contribution >= 0.6 is 23.2 Å². The highest BCUT2D eigenvalue weighted by atomic mass is 35.5. The molecule has 6 heteroatoms. The number of hydrogen-bond donors (Lipinski definition) is 2. The van der Waals surface area contributed by atoms with Gasteiger partial charge in [0.2, 0.25) is 0 Å². The molecule has 0 radical (unpaired) electrons. The van der Waals surface area contributed by atoms with E-state index in [1.165, 1.54) is 5.56 Å². The van der Waals surface area contributed by atoms with E-state index in [1.807, 2.05) is 19.1 Å². The number of ether oxygens (including phenoxy) is 1. The normalized spacial score (nSPS) is 17.9. The molecule has 4 rings (SSSR count). The highest BCUT2D eigenvalue weighted by molar-refractivity contribution is 6.36. The fourth-order valence-electron chi connectivity index (χ4n) is 3.98. The second-order valence-corrected chi connectivity index (χ2v) is 8.09. The minimum Gasteiger partial charge on any atom is -0.373 e. The molecule has 0 unspecified atom stereocenters. The highest BCUT2D eigenvalue weighted by Gasteiger charge is 2.35. The lowest BCUT2D eigenvalue weighted by Crippen LogP contribution is -2.43. The summed E-state index contributed by atoms with van der Waals surface area (Å²) in [6.07, 6.45) is 1.98. The number of hydrogen-bond acceptors (Lipinski definition) is 3. The number of aromatic nitrogens is 2. The maximum absolute atomic E-state index is 6.41. The van der Waals surface area contributed by atoms with Gasteiger partial charge in [-0.2, -0.15) is 5.10 Å². The Labute approximate surface area is 169 Å². The average Bonchev–Trinajstić information content (AvgIpc) is 3.07. The summed E-state index contributed by atoms with van der Waals surface area (Å²) in [7, 11) is 0. The maximum Gasteiger partial charge on any atom is 0.132 e. The van der Waals surface area contributed by atoms with Gasteiger partial charge in [0.05, 0.1) is 18.2 Å². The minimum atomic E-state index is -0.138. The van der Waals surface area contributed by atoms with Crippen LogP contribution in [-0.4, -0.2) is 29.9 Å². The molecule has 1 atom stereocenters. The molecule has 2 heterocycles. The van der Waals surface area contributed by atoms with Crippen LogP contribution in [0, 0.1) is 0 Å². The molecule has 1 aromatic heterocycles. The van der Waals surface area contributed by atoms with Crippen molar-refractivity contribution in [3.63, 3.8) is 0 Å². The molecule has 1 saturated heterocycles. The SMILES string of the molecule is C[C@@H](OCC1(c2ccccc2)CCNCC1)c1cc(Cl)cc2c(Cl)[nH]nc12. The predicted molar refractivity (Wildman–Crippen MR) is 111 cm³/mol. The van der Waals surface area contributed by atoms with Gasteiger partial charge >= 0.3 is 0 Å². The number of nitrogens with zero attached hydrogens (tertiary/aromatic N) is 1. The van der Waals surface area contributed by atoms with E-state index in [9.17, 15) is 0 Å². The summed E-state index contributed by atoms with van der Waals surface area (Å²) in [4.78, 5) is 0. The largest absolute Gasteiger partial charge is 0.373 e. The lowest BCUT2D eigenvalue weighted by atomic mass is 9.74. The Bertz CT molecular complexity index is 920. The third-order valence-electron chi connectivity index (χ3n) is 5.60. The van der Waals surface area contributed by atoms with Crippen LogP contribution in [0.25, 0.3) is 10.9 Å². The monoisotopic (exact) mass is 403 g/mol. The molecule has 1 aliphatic rings. The van der Waals surface area contributed by atoms with E-state index in [-0.39, 0.29) is 11.5 Å². The molecule has 0 saturated carbocycles. The molecule has 2 N–H and O–H groups in total. The van der Waals surface area contributed by atoms with Crippen LogP contribution in [0.2, 0.25) is 10.2 Å². The van der Waals surface area contributed by atoms with Gasteiger partial charge < -0.3 is 10.1 Å². The fraction of sp³-hybridized carbons (Fsp3) is 0.381. The maximum atomic E-state index is 6.41. The van der Waals surface area contributed by atoms with Gasteiger partial charge in [-0.25, -0.2) is 0 Å². The first-order chi connectivity index (χ1) is 13.1. The van der Waals surface area contributed by atoms with E-state index >= 15 is 0 Å². The Hall–Kier alpha value is -1.59. The number of benzene rings is 2. The summed E-state index contributed by atoms with van der Waals surface area (Å²) in [6, 6.07) is 14.4. The summed E-state index contributed by atoms with van der Waals surface area (Å²) in [5.41, 5.74) is 3.15. The van der Waals surface area contributed by atoms with Crippen molar-refractivity contribution < 1.29 is 4.74 Å². The second kappa shape index (κ2) is 7.80. The van der Waals surface area contributed by atoms with Gasteiger partial charge in [-0.3, -0.25) is 5.10 Å². The average molecular weight is 404 g/mol. The van der Waals surface area contributed by atoms with Crippen LogP contribution < -0.4 is 5.32 Å². The molecule has 1 fully saturated rings. The zero-order valence-electron chi connectivity index (χ0n) is 15.3. The fourth-order valence-corrected chi connectivity index (χ4v) is 4.39. The minimum absolute atomic E-state index is 0.0294. The number of nitrogens with one attached hydrogen (secondary N) is 2. The Kier molecular flexibility index (Phi) is 5.42. The van der Waals surface area contributed by atoms with Gasteiger partial charge in [-0.15, -0.1) is 0 Å². The number of halogens is 2. The molecular formula is C21H23Cl2N3O. The third kappa shape index (κ3) is 3.72. The lowest BCUT2D eigenvalue weighted by Gasteiger charge is -2.38. The Morgan fingerprint density at radius 2 is 1.89 bits per heavy atom. The Balaban J connectivity index is 1.60. The molecule has 1 aliphatic heterocycles. The number of rotatable bonds is 5. The van der Waals surface area contributed by atoms with Gasteiger partial charge in [0, 0.05) is 21.4 Å². The smallest absolute Gasteiger partial charge is 0.132 e. The zero-order valence-corrected chi connectivity index (χ0v) is 16.8. The van der Waals surface area contributed by atoms with E-state index in [0.717, 1.165) is 42.4 Å². The van der Waals surface area contributed by atoms with Crippen molar-refractivity contribution in [2.45, 2.75) is 31.3 Å². The summed E-state index contributed by atoms with van der Waals surface area (Å²) in [5, 5.41) is 12.6. The van der Waals surface area contributed by atoms with E-state index in [1.54, 1.807) is 0 Å². The third-order valence-corrected chi connectivity index (χ3v) is 6.11. The van der Waals surface area contributed by atoms with Crippen molar-refractivity contribution in [2.75, 3.05) is 19.7 Å². The molecule has 0 spiro atoms. The van der Waals surface area contributed by atoms with Crippen molar-refractivity contribution in [3.05, 3.63) is 63.8 Å². The van der Waals surface area contributed by atoms with Crippen LogP contribution in [0.3, 0.4) is 0 Å². The molecule has 142 valence electrons. The molecule has 27 heavy (non-hydrogen) atoms. The first kappa shape index (κ1) is 18.8. The molecule has 2 aromatic carbocycles. The Morgan fingerprint density at radius 1 is 1.15 bits per heavy atom. The first-order valence-electron chi connectivity index (χ1n) is 9.30. The van der Waals surface area contributed by atoms with Gasteiger partial charge in [0.25, 0.3) is 0 Å². The van der Waals surface area contributed by atoms with Crippen molar-refractivity contribution in [1.82, 2.24) is 15.5 Å². The van der Waals surface area contributed by atoms with Crippen LogP contribution in [0.15, 0.2) is 42.5 Å². The van der Waals surface area contributed by atoms with Crippen LogP contribution in [0.4, 0.5) is 0 Å². The van der Waals surface area contributed by atoms with E-state index in [0.29, 0.717) is 16.8 Å². The molecule has 4 nitrogen and oxygen atoms in total. The molecule has 3 aromatic rings. The van der Waals surface area contributed by atoms with E-state index in [4.69, 9.17) is 27.9 Å². The standard InChI is InChI=1S/C21H23Cl2N3O/c1-14(17-11-16(22)12-18-19(17)25-26-20(18)23)27-13-21(7-9-24-10-8-21)15-5-3-2-4-6-15/h2-6,11-12,14,24H,7-10,13H2,1H3,(H,25,26)/t14-/m1/s1.